The Labute approximate surface area is 99.7 Å². The van der Waals surface area contributed by atoms with E-state index < -0.39 is 0 Å². The van der Waals surface area contributed by atoms with Gasteiger partial charge in [-0.1, -0.05) is 0 Å². The van der Waals surface area contributed by atoms with Gasteiger partial charge in [-0.05, 0) is 30.8 Å². The van der Waals surface area contributed by atoms with Crippen LogP contribution in [-0.4, -0.2) is 33.2 Å². The Morgan fingerprint density at radius 3 is 2.88 bits per heavy atom. The van der Waals surface area contributed by atoms with Crippen molar-refractivity contribution in [2.45, 2.75) is 25.7 Å². The standard InChI is InChI=1S/C11H17N3OS/c12-11-8-3-6-16-7-4-9(8)13-10(14-11)2-1-5-15/h15H,1-7H2,(H2,12,13,14). The number of anilines is 1. The van der Waals surface area contributed by atoms with E-state index in [2.05, 4.69) is 9.97 Å². The highest BCUT2D eigenvalue weighted by Crippen LogP contribution is 2.22. The van der Waals surface area contributed by atoms with Crippen molar-refractivity contribution >= 4 is 17.6 Å². The highest BCUT2D eigenvalue weighted by atomic mass is 32.2. The summed E-state index contributed by atoms with van der Waals surface area (Å²) in [5.41, 5.74) is 8.21. The molecule has 3 N–H and O–H groups in total. The van der Waals surface area contributed by atoms with Crippen molar-refractivity contribution in [1.82, 2.24) is 9.97 Å². The average Bonchev–Trinajstić information content (AvgIpc) is 2.51. The molecule has 0 spiro atoms. The lowest BCUT2D eigenvalue weighted by Crippen LogP contribution is -2.10. The van der Waals surface area contributed by atoms with Gasteiger partial charge in [-0.25, -0.2) is 9.97 Å². The van der Waals surface area contributed by atoms with Crippen LogP contribution in [0.5, 0.6) is 0 Å². The third-order valence-corrected chi connectivity index (χ3v) is 3.69. The minimum Gasteiger partial charge on any atom is -0.396 e. The fourth-order valence-electron chi connectivity index (χ4n) is 1.88. The molecule has 0 aromatic carbocycles. The molecule has 88 valence electrons. The van der Waals surface area contributed by atoms with E-state index in [-0.39, 0.29) is 6.61 Å². The second-order valence-corrected chi connectivity index (χ2v) is 5.11. The molecule has 0 bridgehead atoms. The van der Waals surface area contributed by atoms with Crippen LogP contribution < -0.4 is 5.73 Å². The van der Waals surface area contributed by atoms with E-state index in [4.69, 9.17) is 10.8 Å². The zero-order valence-electron chi connectivity index (χ0n) is 9.28. The number of nitrogen functional groups attached to an aromatic ring is 1. The Bertz CT molecular complexity index is 370. The molecule has 1 aliphatic heterocycles. The molecule has 0 fully saturated rings. The molecular weight excluding hydrogens is 222 g/mol. The first-order valence-electron chi connectivity index (χ1n) is 5.64. The summed E-state index contributed by atoms with van der Waals surface area (Å²) >= 11 is 1.94. The first-order valence-corrected chi connectivity index (χ1v) is 6.79. The molecule has 0 unspecified atom stereocenters. The Morgan fingerprint density at radius 1 is 1.25 bits per heavy atom. The summed E-state index contributed by atoms with van der Waals surface area (Å²) in [7, 11) is 0. The van der Waals surface area contributed by atoms with Gasteiger partial charge in [-0.2, -0.15) is 11.8 Å². The molecule has 5 heteroatoms. The summed E-state index contributed by atoms with van der Waals surface area (Å²) in [5, 5.41) is 8.79. The van der Waals surface area contributed by atoms with Crippen LogP contribution in [0.3, 0.4) is 0 Å². The summed E-state index contributed by atoms with van der Waals surface area (Å²) in [5.74, 6) is 3.64. The minimum absolute atomic E-state index is 0.177. The maximum absolute atomic E-state index is 8.79. The number of rotatable bonds is 3. The van der Waals surface area contributed by atoms with E-state index in [1.807, 2.05) is 11.8 Å². The second-order valence-electron chi connectivity index (χ2n) is 3.89. The molecule has 1 aromatic heterocycles. The maximum atomic E-state index is 8.79. The molecule has 4 nitrogen and oxygen atoms in total. The summed E-state index contributed by atoms with van der Waals surface area (Å²) in [6.45, 7) is 0.177. The third kappa shape index (κ3) is 2.65. The molecule has 0 aliphatic carbocycles. The number of aliphatic hydroxyl groups excluding tert-OH is 1. The number of nitrogens with zero attached hydrogens (tertiary/aromatic N) is 2. The summed E-state index contributed by atoms with van der Waals surface area (Å²) in [4.78, 5) is 8.87. The quantitative estimate of drug-likeness (QED) is 0.817. The highest BCUT2D eigenvalue weighted by Gasteiger charge is 2.14. The number of hydrogen-bond donors (Lipinski definition) is 2. The van der Waals surface area contributed by atoms with Gasteiger partial charge in [-0.3, -0.25) is 0 Å². The van der Waals surface area contributed by atoms with E-state index in [0.717, 1.165) is 41.4 Å². The van der Waals surface area contributed by atoms with Gasteiger partial charge < -0.3 is 10.8 Å². The normalized spacial score (nSPS) is 15.6. The molecule has 16 heavy (non-hydrogen) atoms. The number of fused-ring (bicyclic) bond motifs is 1. The van der Waals surface area contributed by atoms with E-state index >= 15 is 0 Å². The topological polar surface area (TPSA) is 72.0 Å². The minimum atomic E-state index is 0.177. The van der Waals surface area contributed by atoms with Crippen molar-refractivity contribution in [3.8, 4) is 0 Å². The van der Waals surface area contributed by atoms with Gasteiger partial charge in [0.2, 0.25) is 0 Å². The fourth-order valence-corrected chi connectivity index (χ4v) is 2.77. The molecule has 1 aliphatic rings. The smallest absolute Gasteiger partial charge is 0.131 e. The van der Waals surface area contributed by atoms with Crippen molar-refractivity contribution in [3.63, 3.8) is 0 Å². The first-order chi connectivity index (χ1) is 7.81. The molecule has 0 saturated carbocycles. The van der Waals surface area contributed by atoms with Gasteiger partial charge in [0, 0.05) is 18.6 Å². The summed E-state index contributed by atoms with van der Waals surface area (Å²) in [6.07, 6.45) is 3.37. The van der Waals surface area contributed by atoms with Gasteiger partial charge in [0.15, 0.2) is 0 Å². The molecule has 0 atom stereocenters. The Kier molecular flexibility index (Phi) is 4.01. The predicted octanol–water partition coefficient (Wildman–Crippen LogP) is 0.815. The molecule has 0 saturated heterocycles. The highest BCUT2D eigenvalue weighted by molar-refractivity contribution is 7.99. The number of aliphatic hydroxyl groups is 1. The van der Waals surface area contributed by atoms with Crippen LogP contribution in [0, 0.1) is 0 Å². The van der Waals surface area contributed by atoms with Crippen molar-refractivity contribution in [3.05, 3.63) is 17.1 Å². The van der Waals surface area contributed by atoms with Crippen LogP contribution >= 0.6 is 11.8 Å². The predicted molar refractivity (Wildman–Crippen MR) is 66.6 cm³/mol. The zero-order valence-corrected chi connectivity index (χ0v) is 10.1. The number of nitrogens with two attached hydrogens (primary N) is 1. The fraction of sp³-hybridized carbons (Fsp3) is 0.636. The van der Waals surface area contributed by atoms with Crippen molar-refractivity contribution < 1.29 is 5.11 Å². The van der Waals surface area contributed by atoms with Crippen molar-refractivity contribution in [1.29, 1.82) is 0 Å². The molecule has 2 heterocycles. The Morgan fingerprint density at radius 2 is 2.06 bits per heavy atom. The molecular formula is C11H17N3OS. The maximum Gasteiger partial charge on any atom is 0.131 e. The molecule has 0 radical (unpaired) electrons. The molecule has 1 aromatic rings. The van der Waals surface area contributed by atoms with Crippen LogP contribution in [0.25, 0.3) is 0 Å². The van der Waals surface area contributed by atoms with Crippen molar-refractivity contribution in [2.24, 2.45) is 0 Å². The van der Waals surface area contributed by atoms with Gasteiger partial charge in [0.1, 0.15) is 11.6 Å². The Hall–Kier alpha value is -0.810. The van der Waals surface area contributed by atoms with E-state index in [1.54, 1.807) is 0 Å². The van der Waals surface area contributed by atoms with Gasteiger partial charge >= 0.3 is 0 Å². The number of hydrogen-bond acceptors (Lipinski definition) is 5. The largest absolute Gasteiger partial charge is 0.396 e. The lowest BCUT2D eigenvalue weighted by Gasteiger charge is -2.09. The number of thioether (sulfide) groups is 1. The van der Waals surface area contributed by atoms with Crippen LogP contribution in [0.15, 0.2) is 0 Å². The third-order valence-electron chi connectivity index (χ3n) is 2.71. The summed E-state index contributed by atoms with van der Waals surface area (Å²) < 4.78 is 0. The number of aryl methyl sites for hydroxylation is 2. The molecule has 0 amide bonds. The van der Waals surface area contributed by atoms with Gasteiger partial charge in [0.25, 0.3) is 0 Å². The van der Waals surface area contributed by atoms with Gasteiger partial charge in [-0.15, -0.1) is 0 Å². The summed E-state index contributed by atoms with van der Waals surface area (Å²) in [6, 6.07) is 0. The average molecular weight is 239 g/mol. The monoisotopic (exact) mass is 239 g/mol. The first kappa shape index (κ1) is 11.7. The number of aromatic nitrogens is 2. The lowest BCUT2D eigenvalue weighted by molar-refractivity contribution is 0.287. The van der Waals surface area contributed by atoms with Crippen molar-refractivity contribution in [2.75, 3.05) is 23.8 Å². The van der Waals surface area contributed by atoms with E-state index in [1.165, 1.54) is 0 Å². The van der Waals surface area contributed by atoms with Crippen LogP contribution in [0.2, 0.25) is 0 Å². The van der Waals surface area contributed by atoms with Gasteiger partial charge in [0.05, 0.1) is 5.69 Å². The van der Waals surface area contributed by atoms with E-state index in [9.17, 15) is 0 Å². The van der Waals surface area contributed by atoms with Crippen LogP contribution in [-0.2, 0) is 19.3 Å². The van der Waals surface area contributed by atoms with E-state index in [0.29, 0.717) is 18.7 Å². The Balaban J connectivity index is 2.24. The van der Waals surface area contributed by atoms with Crippen LogP contribution in [0.4, 0.5) is 5.82 Å². The zero-order chi connectivity index (χ0) is 11.4. The molecule has 2 rings (SSSR count). The lowest BCUT2D eigenvalue weighted by atomic mass is 10.1. The second kappa shape index (κ2) is 5.50. The SMILES string of the molecule is Nc1nc(CCCO)nc2c1CCSCC2. The van der Waals surface area contributed by atoms with Crippen LogP contribution in [0.1, 0.15) is 23.5 Å².